The molecule has 3 aromatic carbocycles. The maximum absolute atomic E-state index is 13.9. The molecule has 10 nitrogen and oxygen atoms in total. The Morgan fingerprint density at radius 1 is 1.21 bits per heavy atom. The highest BCUT2D eigenvalue weighted by molar-refractivity contribution is 6.01. The Kier molecular flexibility index (Phi) is 10.7. The van der Waals surface area contributed by atoms with E-state index in [-0.39, 0.29) is 31.3 Å². The highest BCUT2D eigenvalue weighted by Crippen LogP contribution is 2.44. The third-order valence-corrected chi connectivity index (χ3v) is 6.76. The number of nitrogens with zero attached hydrogens (tertiary/aromatic N) is 4. The lowest BCUT2D eigenvalue weighted by atomic mass is 9.83. The lowest BCUT2D eigenvalue weighted by molar-refractivity contribution is -0.129. The normalized spacial score (nSPS) is 17.5. The zero-order chi connectivity index (χ0) is 29.8. The van der Waals surface area contributed by atoms with E-state index in [0.29, 0.717) is 48.4 Å². The third kappa shape index (κ3) is 7.32. The Labute approximate surface area is 243 Å². The Morgan fingerprint density at radius 2 is 2.02 bits per heavy atom. The van der Waals surface area contributed by atoms with E-state index in [9.17, 15) is 9.18 Å². The number of ether oxygens (including phenoxy) is 2. The van der Waals surface area contributed by atoms with Gasteiger partial charge in [0.25, 0.3) is 5.91 Å². The average Bonchev–Trinajstić information content (AvgIpc) is 3.39. The number of nitrogens with one attached hydrogen (secondary N) is 2. The number of benzene rings is 3. The molecule has 1 aliphatic heterocycles. The predicted octanol–water partition coefficient (Wildman–Crippen LogP) is 5.09. The topological polar surface area (TPSA) is 141 Å². The number of aliphatic imine (C=N–C) groups is 1. The molecular formula is C31H33FN6O4. The number of rotatable bonds is 15. The fraction of sp³-hybridized carbons (Fsp3) is 0.290. The molecule has 0 spiro atoms. The second-order valence-electron chi connectivity index (χ2n) is 9.63. The van der Waals surface area contributed by atoms with Crippen molar-refractivity contribution in [1.82, 2.24) is 10.9 Å². The first-order valence-corrected chi connectivity index (χ1v) is 13.6. The van der Waals surface area contributed by atoms with Crippen LogP contribution in [-0.4, -0.2) is 42.2 Å². The summed E-state index contributed by atoms with van der Waals surface area (Å²) < 4.78 is 25.6. The summed E-state index contributed by atoms with van der Waals surface area (Å²) in [5.74, 6) is 0.125. The Hall–Kier alpha value is -4.70. The summed E-state index contributed by atoms with van der Waals surface area (Å²) in [4.78, 5) is 21.7. The fourth-order valence-corrected chi connectivity index (χ4v) is 4.70. The van der Waals surface area contributed by atoms with Crippen molar-refractivity contribution < 1.29 is 23.8 Å². The van der Waals surface area contributed by atoms with Crippen molar-refractivity contribution in [3.8, 4) is 5.75 Å². The van der Waals surface area contributed by atoms with Crippen molar-refractivity contribution in [3.05, 3.63) is 124 Å². The highest BCUT2D eigenvalue weighted by atomic mass is 19.1. The molecule has 1 heterocycles. The quantitative estimate of drug-likeness (QED) is 0.0581. The number of carbonyl (C=O) groups is 1. The van der Waals surface area contributed by atoms with Crippen molar-refractivity contribution in [1.29, 1.82) is 0 Å². The molecule has 0 bridgehead atoms. The van der Waals surface area contributed by atoms with E-state index in [1.54, 1.807) is 36.4 Å². The van der Waals surface area contributed by atoms with Gasteiger partial charge in [0.05, 0.1) is 13.2 Å². The van der Waals surface area contributed by atoms with Gasteiger partial charge in [0.15, 0.2) is 11.6 Å². The standard InChI is InChI=1S/C31H33FN6O4/c1-2-16-31(30(40)37-34-17-15-22-7-5-9-25(32)20-22)28(27-10-4-3-8-24(27)21-35-38-33)42-29(36-31)23-11-13-26(14-12-23)41-19-6-18-39/h2-5,7-14,20,28,34,39H,1,6,15-19,21H2,(H,37,40)/t28-,31-/m0/s1. The minimum absolute atomic E-state index is 0.0401. The molecule has 3 N–H and O–H groups in total. The molecule has 42 heavy (non-hydrogen) atoms. The van der Waals surface area contributed by atoms with Gasteiger partial charge in [-0.1, -0.05) is 47.6 Å². The first kappa shape index (κ1) is 30.3. The molecule has 0 saturated carbocycles. The molecule has 0 saturated heterocycles. The molecule has 2 atom stereocenters. The largest absolute Gasteiger partial charge is 0.494 e. The van der Waals surface area contributed by atoms with E-state index in [2.05, 4.69) is 27.5 Å². The highest BCUT2D eigenvalue weighted by Gasteiger charge is 2.53. The lowest BCUT2D eigenvalue weighted by Gasteiger charge is -2.30. The van der Waals surface area contributed by atoms with Crippen molar-refractivity contribution in [2.75, 3.05) is 19.8 Å². The molecule has 0 radical (unpaired) electrons. The van der Waals surface area contributed by atoms with Gasteiger partial charge in [0.2, 0.25) is 5.90 Å². The van der Waals surface area contributed by atoms with E-state index in [0.717, 1.165) is 5.56 Å². The summed E-state index contributed by atoms with van der Waals surface area (Å²) in [5.41, 5.74) is 16.0. The van der Waals surface area contributed by atoms with Crippen LogP contribution in [0.15, 0.2) is 95.6 Å². The molecule has 1 amide bonds. The first-order chi connectivity index (χ1) is 20.5. The summed E-state index contributed by atoms with van der Waals surface area (Å²) >= 11 is 0. The predicted molar refractivity (Wildman–Crippen MR) is 157 cm³/mol. The van der Waals surface area contributed by atoms with Gasteiger partial charge in [-0.15, -0.1) is 6.58 Å². The number of carbonyl (C=O) groups excluding carboxylic acids is 1. The van der Waals surface area contributed by atoms with Gasteiger partial charge < -0.3 is 14.6 Å². The van der Waals surface area contributed by atoms with Gasteiger partial charge in [-0.05, 0) is 65.0 Å². The maximum Gasteiger partial charge on any atom is 0.266 e. The zero-order valence-corrected chi connectivity index (χ0v) is 23.1. The summed E-state index contributed by atoms with van der Waals surface area (Å²) in [5, 5.41) is 12.7. The molecule has 0 aromatic heterocycles. The van der Waals surface area contributed by atoms with Gasteiger partial charge in [-0.2, -0.15) is 0 Å². The maximum atomic E-state index is 13.9. The fourth-order valence-electron chi connectivity index (χ4n) is 4.70. The number of hydrazine groups is 1. The van der Waals surface area contributed by atoms with E-state index in [4.69, 9.17) is 25.1 Å². The summed E-state index contributed by atoms with van der Waals surface area (Å²) in [6.45, 7) is 4.72. The summed E-state index contributed by atoms with van der Waals surface area (Å²) in [6.07, 6.45) is 1.91. The van der Waals surface area contributed by atoms with Crippen LogP contribution < -0.4 is 15.6 Å². The molecule has 11 heteroatoms. The van der Waals surface area contributed by atoms with Gasteiger partial charge in [-0.25, -0.2) is 14.8 Å². The molecule has 0 aliphatic carbocycles. The smallest absolute Gasteiger partial charge is 0.266 e. The van der Waals surface area contributed by atoms with Crippen molar-refractivity contribution in [2.45, 2.75) is 37.5 Å². The van der Waals surface area contributed by atoms with Crippen LogP contribution in [0.3, 0.4) is 0 Å². The average molecular weight is 573 g/mol. The molecule has 0 unspecified atom stereocenters. The van der Waals surface area contributed by atoms with Crippen LogP contribution >= 0.6 is 0 Å². The molecule has 4 rings (SSSR count). The van der Waals surface area contributed by atoms with Gasteiger partial charge >= 0.3 is 0 Å². The second-order valence-corrected chi connectivity index (χ2v) is 9.63. The third-order valence-electron chi connectivity index (χ3n) is 6.76. The van der Waals surface area contributed by atoms with Crippen LogP contribution in [0.1, 0.15) is 41.2 Å². The van der Waals surface area contributed by atoms with Crippen LogP contribution in [0.4, 0.5) is 4.39 Å². The van der Waals surface area contributed by atoms with Crippen molar-refractivity contribution in [3.63, 3.8) is 0 Å². The van der Waals surface area contributed by atoms with Gasteiger partial charge in [0, 0.05) is 36.5 Å². The minimum atomic E-state index is -1.44. The van der Waals surface area contributed by atoms with E-state index in [1.807, 2.05) is 30.3 Å². The van der Waals surface area contributed by atoms with E-state index >= 15 is 0 Å². The van der Waals surface area contributed by atoms with Crippen LogP contribution in [0.25, 0.3) is 10.4 Å². The lowest BCUT2D eigenvalue weighted by Crippen LogP contribution is -2.53. The number of hydrogen-bond acceptors (Lipinski definition) is 7. The Balaban J connectivity index is 1.63. The minimum Gasteiger partial charge on any atom is -0.494 e. The van der Waals surface area contributed by atoms with Crippen molar-refractivity contribution in [2.24, 2.45) is 10.1 Å². The number of halogens is 1. The van der Waals surface area contributed by atoms with Crippen LogP contribution in [0.5, 0.6) is 5.75 Å². The zero-order valence-electron chi connectivity index (χ0n) is 23.1. The number of hydrogen-bond donors (Lipinski definition) is 3. The SMILES string of the molecule is C=CC[C@]1(C(=O)NNCCc2cccc(F)c2)N=C(c2ccc(OCCCO)cc2)O[C@H]1c1ccccc1CN=[N+]=[N-]. The Morgan fingerprint density at radius 3 is 2.76 bits per heavy atom. The summed E-state index contributed by atoms with van der Waals surface area (Å²) in [7, 11) is 0. The number of aliphatic hydroxyl groups is 1. The van der Waals surface area contributed by atoms with Crippen LogP contribution in [0.2, 0.25) is 0 Å². The van der Waals surface area contributed by atoms with E-state index < -0.39 is 17.6 Å². The number of amides is 1. The molecule has 0 fully saturated rings. The molecular weight excluding hydrogens is 539 g/mol. The number of azide groups is 1. The van der Waals surface area contributed by atoms with Gasteiger partial charge in [0.1, 0.15) is 11.6 Å². The van der Waals surface area contributed by atoms with Crippen LogP contribution in [0, 0.1) is 5.82 Å². The monoisotopic (exact) mass is 572 g/mol. The first-order valence-electron chi connectivity index (χ1n) is 13.6. The molecule has 1 aliphatic rings. The van der Waals surface area contributed by atoms with Crippen LogP contribution in [-0.2, 0) is 22.5 Å². The van der Waals surface area contributed by atoms with E-state index in [1.165, 1.54) is 12.1 Å². The van der Waals surface area contributed by atoms with Gasteiger partial charge in [-0.3, -0.25) is 10.2 Å². The summed E-state index contributed by atoms with van der Waals surface area (Å²) in [6, 6.07) is 20.7. The van der Waals surface area contributed by atoms with Crippen molar-refractivity contribution >= 4 is 11.8 Å². The molecule has 218 valence electrons. The molecule has 3 aromatic rings. The number of aliphatic hydroxyl groups excluding tert-OH is 1. The second kappa shape index (κ2) is 14.8. The Bertz CT molecular complexity index is 1460.